The quantitative estimate of drug-likeness (QED) is 0.0722. The molecule has 0 radical (unpaired) electrons. The zero-order valence-electron chi connectivity index (χ0n) is 25.1. The van der Waals surface area contributed by atoms with Crippen LogP contribution in [0.5, 0.6) is 17.2 Å². The molecule has 0 amide bonds. The number of hydrogen-bond donors (Lipinski definition) is 0. The van der Waals surface area contributed by atoms with Gasteiger partial charge in [-0.05, 0) is 79.2 Å². The van der Waals surface area contributed by atoms with E-state index in [0.717, 1.165) is 12.2 Å². The van der Waals surface area contributed by atoms with Crippen molar-refractivity contribution >= 4 is 17.9 Å². The van der Waals surface area contributed by atoms with E-state index in [4.69, 9.17) is 33.7 Å². The summed E-state index contributed by atoms with van der Waals surface area (Å²) in [6, 6.07) is 27.4. The molecule has 10 nitrogen and oxygen atoms in total. The molecule has 1 aliphatic heterocycles. The SMILES string of the molecule is CC1(COCCCOc2ccc(C(=O)Oc3ccc(OC(=O)c4ccc(C#N)cc4)c(C(=O)OCc4ccccc4)c3)cc2)CO1. The van der Waals surface area contributed by atoms with Crippen molar-refractivity contribution in [3.05, 3.63) is 125 Å². The van der Waals surface area contributed by atoms with E-state index in [0.29, 0.717) is 37.6 Å². The van der Waals surface area contributed by atoms with Gasteiger partial charge in [0.2, 0.25) is 0 Å². The van der Waals surface area contributed by atoms with Crippen LogP contribution < -0.4 is 14.2 Å². The summed E-state index contributed by atoms with van der Waals surface area (Å²) >= 11 is 0. The summed E-state index contributed by atoms with van der Waals surface area (Å²) in [5.41, 5.74) is 1.32. The molecule has 1 atom stereocenters. The number of ether oxygens (including phenoxy) is 6. The van der Waals surface area contributed by atoms with Crippen molar-refractivity contribution in [3.8, 4) is 23.3 Å². The standard InChI is InChI=1S/C36H31NO9/c1-36(24-44-36)23-41-18-5-19-42-29-14-12-28(13-15-29)33(38)45-30-16-17-32(46-34(39)27-10-8-25(21-37)9-11-27)31(20-30)35(40)43-22-26-6-3-2-4-7-26/h2-4,6-17,20H,5,18-19,22-24H2,1H3. The zero-order chi connectivity index (χ0) is 32.4. The maximum Gasteiger partial charge on any atom is 0.343 e. The van der Waals surface area contributed by atoms with E-state index in [1.54, 1.807) is 36.4 Å². The van der Waals surface area contributed by atoms with Crippen molar-refractivity contribution in [2.24, 2.45) is 0 Å². The molecule has 0 N–H and O–H groups in total. The lowest BCUT2D eigenvalue weighted by atomic mass is 10.1. The molecule has 234 valence electrons. The average Bonchev–Trinajstić information content (AvgIpc) is 3.83. The average molecular weight is 622 g/mol. The third-order valence-electron chi connectivity index (χ3n) is 6.88. The molecule has 10 heteroatoms. The van der Waals surface area contributed by atoms with E-state index < -0.39 is 17.9 Å². The first-order valence-corrected chi connectivity index (χ1v) is 14.6. The lowest BCUT2D eigenvalue weighted by Crippen LogP contribution is -2.15. The molecule has 0 aliphatic carbocycles. The third kappa shape index (κ3) is 9.01. The topological polar surface area (TPSA) is 134 Å². The molecule has 1 aliphatic rings. The zero-order valence-corrected chi connectivity index (χ0v) is 25.1. The fourth-order valence-electron chi connectivity index (χ4n) is 4.16. The number of carbonyl (C=O) groups is 3. The highest BCUT2D eigenvalue weighted by Crippen LogP contribution is 2.28. The Morgan fingerprint density at radius 3 is 2.13 bits per heavy atom. The van der Waals surface area contributed by atoms with Crippen LogP contribution in [0.3, 0.4) is 0 Å². The summed E-state index contributed by atoms with van der Waals surface area (Å²) in [5, 5.41) is 9.02. The number of hydrogen-bond acceptors (Lipinski definition) is 10. The van der Waals surface area contributed by atoms with Crippen molar-refractivity contribution in [2.45, 2.75) is 25.6 Å². The van der Waals surface area contributed by atoms with Crippen LogP contribution in [-0.4, -0.2) is 49.9 Å². The summed E-state index contributed by atoms with van der Waals surface area (Å²) in [5.74, 6) is -1.66. The Bertz CT molecular complexity index is 1710. The van der Waals surface area contributed by atoms with Crippen LogP contribution in [0.25, 0.3) is 0 Å². The minimum Gasteiger partial charge on any atom is -0.494 e. The van der Waals surface area contributed by atoms with Gasteiger partial charge in [0.15, 0.2) is 0 Å². The summed E-state index contributed by atoms with van der Waals surface area (Å²) < 4.78 is 33.1. The molecule has 1 saturated heterocycles. The Kier molecular flexibility index (Phi) is 10.4. The smallest absolute Gasteiger partial charge is 0.343 e. The molecule has 1 heterocycles. The molecule has 0 aromatic heterocycles. The predicted molar refractivity (Wildman–Crippen MR) is 165 cm³/mol. The van der Waals surface area contributed by atoms with Gasteiger partial charge in [-0.25, -0.2) is 14.4 Å². The molecule has 4 aromatic rings. The molecular formula is C36H31NO9. The van der Waals surface area contributed by atoms with Gasteiger partial charge in [0.25, 0.3) is 0 Å². The van der Waals surface area contributed by atoms with Gasteiger partial charge in [0, 0.05) is 13.0 Å². The summed E-state index contributed by atoms with van der Waals surface area (Å²) in [7, 11) is 0. The van der Waals surface area contributed by atoms with Crippen LogP contribution in [0.1, 0.15) is 55.5 Å². The molecule has 0 saturated carbocycles. The molecule has 5 rings (SSSR count). The number of carbonyl (C=O) groups excluding carboxylic acids is 3. The second-order valence-electron chi connectivity index (χ2n) is 10.7. The first-order chi connectivity index (χ1) is 22.3. The molecule has 1 fully saturated rings. The van der Waals surface area contributed by atoms with Gasteiger partial charge in [0.1, 0.15) is 35.0 Å². The van der Waals surface area contributed by atoms with Crippen molar-refractivity contribution < 1.29 is 42.8 Å². The normalized spacial score (nSPS) is 14.9. The first-order valence-electron chi connectivity index (χ1n) is 14.6. The highest BCUT2D eigenvalue weighted by atomic mass is 16.6. The van der Waals surface area contributed by atoms with Crippen molar-refractivity contribution in [2.75, 3.05) is 26.4 Å². The van der Waals surface area contributed by atoms with Crippen LogP contribution in [0.2, 0.25) is 0 Å². The summed E-state index contributed by atoms with van der Waals surface area (Å²) in [6.07, 6.45) is 0.703. The maximum absolute atomic E-state index is 13.2. The number of rotatable bonds is 14. The van der Waals surface area contributed by atoms with Crippen molar-refractivity contribution in [1.29, 1.82) is 5.26 Å². The number of epoxide rings is 1. The van der Waals surface area contributed by atoms with Crippen LogP contribution >= 0.6 is 0 Å². The van der Waals surface area contributed by atoms with Crippen molar-refractivity contribution in [3.63, 3.8) is 0 Å². The van der Waals surface area contributed by atoms with Gasteiger partial charge in [-0.1, -0.05) is 30.3 Å². The lowest BCUT2D eigenvalue weighted by molar-refractivity contribution is 0.0465. The number of esters is 3. The summed E-state index contributed by atoms with van der Waals surface area (Å²) in [4.78, 5) is 38.9. The minimum absolute atomic E-state index is 0.0253. The van der Waals surface area contributed by atoms with Crippen LogP contribution in [0, 0.1) is 11.3 Å². The van der Waals surface area contributed by atoms with E-state index in [-0.39, 0.29) is 40.4 Å². The minimum atomic E-state index is -0.786. The number of nitrogens with zero attached hydrogens (tertiary/aromatic N) is 1. The molecule has 4 aromatic carbocycles. The van der Waals surface area contributed by atoms with Gasteiger partial charge in [0.05, 0.1) is 42.6 Å². The molecule has 0 bridgehead atoms. The predicted octanol–water partition coefficient (Wildman–Crippen LogP) is 5.93. The highest BCUT2D eigenvalue weighted by molar-refractivity contribution is 5.97. The Labute approximate surface area is 266 Å². The Morgan fingerprint density at radius 1 is 0.804 bits per heavy atom. The van der Waals surface area contributed by atoms with Gasteiger partial charge in [-0.15, -0.1) is 0 Å². The molecular weight excluding hydrogens is 590 g/mol. The first kappa shape index (κ1) is 31.9. The molecule has 46 heavy (non-hydrogen) atoms. The highest BCUT2D eigenvalue weighted by Gasteiger charge is 2.39. The van der Waals surface area contributed by atoms with E-state index in [1.165, 1.54) is 42.5 Å². The monoisotopic (exact) mass is 621 g/mol. The van der Waals surface area contributed by atoms with Crippen LogP contribution in [0.15, 0.2) is 97.1 Å². The van der Waals surface area contributed by atoms with Crippen LogP contribution in [0.4, 0.5) is 0 Å². The van der Waals surface area contributed by atoms with E-state index in [9.17, 15) is 14.4 Å². The fraction of sp³-hybridized carbons (Fsp3) is 0.222. The van der Waals surface area contributed by atoms with Crippen molar-refractivity contribution in [1.82, 2.24) is 0 Å². The van der Waals surface area contributed by atoms with Gasteiger partial charge in [-0.3, -0.25) is 0 Å². The number of nitriles is 1. The third-order valence-corrected chi connectivity index (χ3v) is 6.88. The van der Waals surface area contributed by atoms with E-state index in [2.05, 4.69) is 0 Å². The van der Waals surface area contributed by atoms with E-state index >= 15 is 0 Å². The maximum atomic E-state index is 13.2. The largest absolute Gasteiger partial charge is 0.494 e. The molecule has 1 unspecified atom stereocenters. The summed E-state index contributed by atoms with van der Waals surface area (Å²) in [6.45, 7) is 4.27. The van der Waals surface area contributed by atoms with Gasteiger partial charge in [-0.2, -0.15) is 5.26 Å². The Morgan fingerprint density at radius 2 is 1.46 bits per heavy atom. The fourth-order valence-corrected chi connectivity index (χ4v) is 4.16. The second-order valence-corrected chi connectivity index (χ2v) is 10.7. The Balaban J connectivity index is 1.22. The Hall–Kier alpha value is -5.50. The lowest BCUT2D eigenvalue weighted by Gasteiger charge is -2.13. The van der Waals surface area contributed by atoms with Crippen LogP contribution in [-0.2, 0) is 20.8 Å². The van der Waals surface area contributed by atoms with Gasteiger partial charge < -0.3 is 28.4 Å². The number of benzene rings is 4. The second kappa shape index (κ2) is 15.0. The molecule has 0 spiro atoms. The van der Waals surface area contributed by atoms with Gasteiger partial charge >= 0.3 is 17.9 Å². The van der Waals surface area contributed by atoms with E-state index in [1.807, 2.05) is 31.2 Å².